The molecule has 0 unspecified atom stereocenters. The summed E-state index contributed by atoms with van der Waals surface area (Å²) in [4.78, 5) is 9.60. The summed E-state index contributed by atoms with van der Waals surface area (Å²) < 4.78 is 4.55. The van der Waals surface area contributed by atoms with Crippen LogP contribution >= 0.6 is 0 Å². The summed E-state index contributed by atoms with van der Waals surface area (Å²) in [7, 11) is 0. The van der Waals surface area contributed by atoms with Crippen LogP contribution in [-0.2, 0) is 16.0 Å². The van der Waals surface area contributed by atoms with E-state index in [9.17, 15) is 9.90 Å². The van der Waals surface area contributed by atoms with Crippen molar-refractivity contribution in [1.29, 1.82) is 0 Å². The predicted octanol–water partition coefficient (Wildman–Crippen LogP) is 3.38. The summed E-state index contributed by atoms with van der Waals surface area (Å²) in [6.07, 6.45) is 3.45. The van der Waals surface area contributed by atoms with Crippen molar-refractivity contribution in [2.45, 2.75) is 58.5 Å². The number of aryl methyl sites for hydroxylation is 1. The Bertz CT molecular complexity index is 460. The molecule has 1 aromatic rings. The van der Waals surface area contributed by atoms with Crippen LogP contribution in [0.2, 0.25) is 0 Å². The fraction of sp³-hybridized carbons (Fsp3) is 0.611. The number of carbonyl (C=O) groups is 1. The van der Waals surface area contributed by atoms with Gasteiger partial charge in [-0.1, -0.05) is 13.0 Å². The molecule has 0 saturated carbocycles. The topological polar surface area (TPSA) is 58.6 Å². The zero-order valence-corrected chi connectivity index (χ0v) is 14.2. The molecule has 1 aromatic carbocycles. The first-order valence-corrected chi connectivity index (χ1v) is 8.01. The number of benzene rings is 1. The quantitative estimate of drug-likeness (QED) is 0.841. The molecule has 4 nitrogen and oxygen atoms in total. The summed E-state index contributed by atoms with van der Waals surface area (Å²) >= 11 is 0. The fourth-order valence-electron chi connectivity index (χ4n) is 2.57. The van der Waals surface area contributed by atoms with Crippen LogP contribution in [0, 0.1) is 0 Å². The minimum atomic E-state index is -0.318. The highest BCUT2D eigenvalue weighted by Crippen LogP contribution is 2.30. The summed E-state index contributed by atoms with van der Waals surface area (Å²) in [6.45, 7) is 10.3. The van der Waals surface area contributed by atoms with Gasteiger partial charge in [0, 0.05) is 0 Å². The van der Waals surface area contributed by atoms with Gasteiger partial charge in [-0.05, 0) is 82.3 Å². The molecule has 0 amide bonds. The van der Waals surface area contributed by atoms with E-state index in [1.54, 1.807) is 0 Å². The fourth-order valence-corrected chi connectivity index (χ4v) is 2.57. The highest BCUT2D eigenvalue weighted by Gasteiger charge is 2.17. The second kappa shape index (κ2) is 8.79. The maximum atomic E-state index is 9.60. The lowest BCUT2D eigenvalue weighted by atomic mass is 9.86. The smallest absolute Gasteiger partial charge is 0.293 e. The Morgan fingerprint density at radius 1 is 1.32 bits per heavy atom. The zero-order valence-electron chi connectivity index (χ0n) is 14.2. The van der Waals surface area contributed by atoms with E-state index >= 15 is 0 Å². The van der Waals surface area contributed by atoms with Gasteiger partial charge in [0.25, 0.3) is 6.47 Å². The Morgan fingerprint density at radius 2 is 1.95 bits per heavy atom. The van der Waals surface area contributed by atoms with Crippen LogP contribution < -0.4 is 5.32 Å². The lowest BCUT2D eigenvalue weighted by molar-refractivity contribution is -0.138. The maximum Gasteiger partial charge on any atom is 0.293 e. The third-order valence-corrected chi connectivity index (χ3v) is 3.69. The van der Waals surface area contributed by atoms with Crippen molar-refractivity contribution in [2.75, 3.05) is 13.1 Å². The molecule has 2 N–H and O–H groups in total. The average Bonchev–Trinajstić information content (AvgIpc) is 2.47. The van der Waals surface area contributed by atoms with E-state index in [-0.39, 0.29) is 5.60 Å². The molecule has 1 aliphatic rings. The number of piperidine rings is 1. The van der Waals surface area contributed by atoms with Gasteiger partial charge in [0.05, 0.1) is 0 Å². The van der Waals surface area contributed by atoms with E-state index in [1.165, 1.54) is 24.0 Å². The first-order chi connectivity index (χ1) is 10.4. The monoisotopic (exact) mass is 307 g/mol. The molecule has 1 saturated heterocycles. The number of phenolic OH excluding ortho intramolecular Hbond substituents is 1. The minimum absolute atomic E-state index is 0.318. The van der Waals surface area contributed by atoms with Crippen molar-refractivity contribution in [3.63, 3.8) is 0 Å². The molecular weight excluding hydrogens is 278 g/mol. The number of aromatic hydroxyl groups is 1. The molecule has 1 aliphatic heterocycles. The Labute approximate surface area is 133 Å². The highest BCUT2D eigenvalue weighted by atomic mass is 16.5. The van der Waals surface area contributed by atoms with Crippen LogP contribution in [0.1, 0.15) is 57.6 Å². The molecule has 0 bridgehead atoms. The third-order valence-electron chi connectivity index (χ3n) is 3.69. The number of hydrogen-bond donors (Lipinski definition) is 2. The van der Waals surface area contributed by atoms with E-state index in [0.717, 1.165) is 19.5 Å². The Hall–Kier alpha value is -1.55. The predicted molar refractivity (Wildman–Crippen MR) is 89.2 cm³/mol. The highest BCUT2D eigenvalue weighted by molar-refractivity contribution is 5.38. The van der Waals surface area contributed by atoms with Crippen LogP contribution in [-0.4, -0.2) is 30.3 Å². The number of phenols is 1. The lowest BCUT2D eigenvalue weighted by Crippen LogP contribution is -2.27. The van der Waals surface area contributed by atoms with Gasteiger partial charge in [-0.3, -0.25) is 4.79 Å². The number of hydrogen-bond acceptors (Lipinski definition) is 4. The first-order valence-electron chi connectivity index (χ1n) is 8.01. The van der Waals surface area contributed by atoms with Crippen LogP contribution in [0.5, 0.6) is 5.75 Å². The zero-order chi connectivity index (χ0) is 16.6. The second-order valence-corrected chi connectivity index (χ2v) is 6.59. The molecule has 4 heteroatoms. The van der Waals surface area contributed by atoms with Crippen LogP contribution in [0.3, 0.4) is 0 Å². The summed E-state index contributed by atoms with van der Waals surface area (Å²) in [5, 5.41) is 12.8. The van der Waals surface area contributed by atoms with Gasteiger partial charge in [0.15, 0.2) is 0 Å². The molecule has 22 heavy (non-hydrogen) atoms. The maximum absolute atomic E-state index is 9.60. The number of ether oxygens (including phenoxy) is 1. The van der Waals surface area contributed by atoms with Crippen molar-refractivity contribution in [3.8, 4) is 5.75 Å². The Morgan fingerprint density at radius 3 is 2.41 bits per heavy atom. The van der Waals surface area contributed by atoms with Crippen molar-refractivity contribution in [1.82, 2.24) is 5.32 Å². The third kappa shape index (κ3) is 6.48. The van der Waals surface area contributed by atoms with E-state index in [0.29, 0.717) is 18.1 Å². The van der Waals surface area contributed by atoms with E-state index in [2.05, 4.69) is 23.0 Å². The molecule has 0 atom stereocenters. The first kappa shape index (κ1) is 18.5. The molecule has 2 rings (SSSR count). The number of carbonyl (C=O) groups excluding carboxylic acids is 1. The molecule has 1 fully saturated rings. The van der Waals surface area contributed by atoms with Gasteiger partial charge in [0.2, 0.25) is 0 Å². The molecule has 0 radical (unpaired) electrons. The average molecular weight is 307 g/mol. The molecule has 1 heterocycles. The van der Waals surface area contributed by atoms with Gasteiger partial charge >= 0.3 is 0 Å². The number of nitrogens with one attached hydrogen (secondary N) is 1. The van der Waals surface area contributed by atoms with E-state index < -0.39 is 0 Å². The van der Waals surface area contributed by atoms with Gasteiger partial charge in [-0.15, -0.1) is 0 Å². The van der Waals surface area contributed by atoms with Gasteiger partial charge in [0.1, 0.15) is 11.4 Å². The van der Waals surface area contributed by atoms with Crippen LogP contribution in [0.4, 0.5) is 0 Å². The number of rotatable bonds is 3. The SMILES string of the molecule is CC(C)(C)OC=O.CCc1cc(O)ccc1C1CCNCC1. The molecular formula is C18H29NO3. The standard InChI is InChI=1S/C13H19NO.C5H10O2/c1-2-10-9-12(15)3-4-13(10)11-5-7-14-8-6-11;1-5(2,3)7-4-6/h3-4,9,11,14-15H,2,5-8H2,1H3;4H,1-3H3. The second-order valence-electron chi connectivity index (χ2n) is 6.59. The van der Waals surface area contributed by atoms with Crippen LogP contribution in [0.15, 0.2) is 18.2 Å². The van der Waals surface area contributed by atoms with Gasteiger partial charge < -0.3 is 15.2 Å². The molecule has 0 aliphatic carbocycles. The van der Waals surface area contributed by atoms with Crippen LogP contribution in [0.25, 0.3) is 0 Å². The van der Waals surface area contributed by atoms with Crippen molar-refractivity contribution >= 4 is 6.47 Å². The normalized spacial score (nSPS) is 15.6. The largest absolute Gasteiger partial charge is 0.508 e. The Kier molecular flexibility index (Phi) is 7.39. The van der Waals surface area contributed by atoms with Gasteiger partial charge in [-0.2, -0.15) is 0 Å². The van der Waals surface area contributed by atoms with E-state index in [4.69, 9.17) is 0 Å². The molecule has 0 spiro atoms. The van der Waals surface area contributed by atoms with Gasteiger partial charge in [-0.25, -0.2) is 0 Å². The Balaban J connectivity index is 0.000000295. The molecule has 124 valence electrons. The molecule has 0 aromatic heterocycles. The summed E-state index contributed by atoms with van der Waals surface area (Å²) in [5.41, 5.74) is 2.43. The van der Waals surface area contributed by atoms with Crippen molar-refractivity contribution in [2.24, 2.45) is 0 Å². The lowest BCUT2D eigenvalue weighted by Gasteiger charge is -2.25. The minimum Gasteiger partial charge on any atom is -0.508 e. The van der Waals surface area contributed by atoms with Crippen molar-refractivity contribution in [3.05, 3.63) is 29.3 Å². The summed E-state index contributed by atoms with van der Waals surface area (Å²) in [5.74, 6) is 1.08. The van der Waals surface area contributed by atoms with Crippen molar-refractivity contribution < 1.29 is 14.6 Å². The van der Waals surface area contributed by atoms with E-state index in [1.807, 2.05) is 32.9 Å². The summed E-state index contributed by atoms with van der Waals surface area (Å²) in [6, 6.07) is 5.83.